The molecule has 0 spiro atoms. The SMILES string of the molecule is CCCc1ccccc1-c1ccc(Oc2ccc(N)cc2)cc1. The van der Waals surface area contributed by atoms with Gasteiger partial charge in [-0.2, -0.15) is 0 Å². The highest BCUT2D eigenvalue weighted by atomic mass is 16.5. The van der Waals surface area contributed by atoms with Crippen molar-refractivity contribution in [2.75, 3.05) is 5.73 Å². The van der Waals surface area contributed by atoms with Gasteiger partial charge in [0.15, 0.2) is 0 Å². The Labute approximate surface area is 137 Å². The minimum atomic E-state index is 0.736. The molecule has 3 rings (SSSR count). The lowest BCUT2D eigenvalue weighted by Gasteiger charge is -2.10. The van der Waals surface area contributed by atoms with Crippen LogP contribution in [-0.2, 0) is 6.42 Å². The Morgan fingerprint density at radius 1 is 0.783 bits per heavy atom. The van der Waals surface area contributed by atoms with E-state index < -0.39 is 0 Å². The number of rotatable bonds is 5. The predicted molar refractivity (Wildman–Crippen MR) is 96.8 cm³/mol. The summed E-state index contributed by atoms with van der Waals surface area (Å²) in [5.74, 6) is 1.62. The minimum absolute atomic E-state index is 0.736. The molecule has 0 radical (unpaired) electrons. The molecule has 0 unspecified atom stereocenters. The molecule has 23 heavy (non-hydrogen) atoms. The van der Waals surface area contributed by atoms with E-state index >= 15 is 0 Å². The molecule has 0 aliphatic heterocycles. The van der Waals surface area contributed by atoms with Gasteiger partial charge >= 0.3 is 0 Å². The average Bonchev–Trinajstić information content (AvgIpc) is 2.59. The molecule has 0 fully saturated rings. The predicted octanol–water partition coefficient (Wildman–Crippen LogP) is 5.68. The van der Waals surface area contributed by atoms with Gasteiger partial charge in [0.2, 0.25) is 0 Å². The normalized spacial score (nSPS) is 10.5. The molecule has 0 amide bonds. The average molecular weight is 303 g/mol. The molecule has 3 aromatic rings. The van der Waals surface area contributed by atoms with E-state index in [-0.39, 0.29) is 0 Å². The van der Waals surface area contributed by atoms with Crippen molar-refractivity contribution < 1.29 is 4.74 Å². The van der Waals surface area contributed by atoms with E-state index in [9.17, 15) is 0 Å². The van der Waals surface area contributed by atoms with Crippen molar-refractivity contribution in [1.29, 1.82) is 0 Å². The Morgan fingerprint density at radius 2 is 1.39 bits per heavy atom. The zero-order valence-electron chi connectivity index (χ0n) is 13.3. The summed E-state index contributed by atoms with van der Waals surface area (Å²) in [4.78, 5) is 0. The molecule has 0 atom stereocenters. The largest absolute Gasteiger partial charge is 0.457 e. The molecule has 0 aromatic heterocycles. The number of anilines is 1. The molecule has 0 aliphatic carbocycles. The van der Waals surface area contributed by atoms with Crippen LogP contribution >= 0.6 is 0 Å². The van der Waals surface area contributed by atoms with E-state index in [0.29, 0.717) is 0 Å². The van der Waals surface area contributed by atoms with E-state index in [1.807, 2.05) is 36.4 Å². The third kappa shape index (κ3) is 3.72. The lowest BCUT2D eigenvalue weighted by atomic mass is 9.97. The second kappa shape index (κ2) is 7.01. The fourth-order valence-corrected chi connectivity index (χ4v) is 2.66. The zero-order chi connectivity index (χ0) is 16.1. The van der Waals surface area contributed by atoms with Crippen molar-refractivity contribution in [3.8, 4) is 22.6 Å². The monoisotopic (exact) mass is 303 g/mol. The first-order valence-corrected chi connectivity index (χ1v) is 7.98. The van der Waals surface area contributed by atoms with Crippen molar-refractivity contribution in [2.24, 2.45) is 0 Å². The number of nitrogen functional groups attached to an aromatic ring is 1. The van der Waals surface area contributed by atoms with E-state index in [1.54, 1.807) is 0 Å². The van der Waals surface area contributed by atoms with Crippen LogP contribution < -0.4 is 10.5 Å². The summed E-state index contributed by atoms with van der Waals surface area (Å²) in [5, 5.41) is 0. The van der Waals surface area contributed by atoms with Gasteiger partial charge in [-0.15, -0.1) is 0 Å². The van der Waals surface area contributed by atoms with Crippen LogP contribution in [0.5, 0.6) is 11.5 Å². The van der Waals surface area contributed by atoms with E-state index in [4.69, 9.17) is 10.5 Å². The maximum Gasteiger partial charge on any atom is 0.127 e. The molecular formula is C21H21NO. The van der Waals surface area contributed by atoms with Crippen molar-refractivity contribution >= 4 is 5.69 Å². The van der Waals surface area contributed by atoms with Gasteiger partial charge in [0, 0.05) is 5.69 Å². The van der Waals surface area contributed by atoms with Gasteiger partial charge in [-0.25, -0.2) is 0 Å². The summed E-state index contributed by atoms with van der Waals surface area (Å²) in [5.41, 5.74) is 10.3. The second-order valence-corrected chi connectivity index (χ2v) is 5.60. The van der Waals surface area contributed by atoms with Crippen LogP contribution in [0.25, 0.3) is 11.1 Å². The van der Waals surface area contributed by atoms with Gasteiger partial charge in [0.1, 0.15) is 11.5 Å². The summed E-state index contributed by atoms with van der Waals surface area (Å²) in [6.45, 7) is 2.21. The lowest BCUT2D eigenvalue weighted by Crippen LogP contribution is -1.90. The minimum Gasteiger partial charge on any atom is -0.457 e. The van der Waals surface area contributed by atoms with Crippen LogP contribution in [-0.4, -0.2) is 0 Å². The van der Waals surface area contributed by atoms with Gasteiger partial charge in [0.05, 0.1) is 0 Å². The van der Waals surface area contributed by atoms with Crippen LogP contribution in [0.2, 0.25) is 0 Å². The number of ether oxygens (including phenoxy) is 1. The fraction of sp³-hybridized carbons (Fsp3) is 0.143. The molecule has 0 heterocycles. The van der Waals surface area contributed by atoms with Gasteiger partial charge in [0.25, 0.3) is 0 Å². The van der Waals surface area contributed by atoms with E-state index in [2.05, 4.69) is 43.3 Å². The molecule has 0 bridgehead atoms. The Hall–Kier alpha value is -2.74. The highest BCUT2D eigenvalue weighted by Crippen LogP contribution is 2.28. The highest BCUT2D eigenvalue weighted by molar-refractivity contribution is 5.68. The highest BCUT2D eigenvalue weighted by Gasteiger charge is 2.04. The molecule has 0 saturated carbocycles. The van der Waals surface area contributed by atoms with Gasteiger partial charge in [-0.05, 0) is 59.5 Å². The molecule has 116 valence electrons. The zero-order valence-corrected chi connectivity index (χ0v) is 13.3. The quantitative estimate of drug-likeness (QED) is 0.615. The van der Waals surface area contributed by atoms with Crippen molar-refractivity contribution in [3.05, 3.63) is 78.4 Å². The van der Waals surface area contributed by atoms with Gasteiger partial charge < -0.3 is 10.5 Å². The van der Waals surface area contributed by atoms with Crippen LogP contribution in [0, 0.1) is 0 Å². The summed E-state index contributed by atoms with van der Waals surface area (Å²) >= 11 is 0. The Balaban J connectivity index is 1.81. The van der Waals surface area contributed by atoms with Crippen LogP contribution in [0.4, 0.5) is 5.69 Å². The molecule has 0 aliphatic rings. The van der Waals surface area contributed by atoms with Crippen LogP contribution in [0.3, 0.4) is 0 Å². The van der Waals surface area contributed by atoms with Crippen LogP contribution in [0.1, 0.15) is 18.9 Å². The van der Waals surface area contributed by atoms with Crippen LogP contribution in [0.15, 0.2) is 72.8 Å². The lowest BCUT2D eigenvalue weighted by molar-refractivity contribution is 0.483. The first-order chi connectivity index (χ1) is 11.3. The molecule has 3 aromatic carbocycles. The number of hydrogen-bond donors (Lipinski definition) is 1. The first-order valence-electron chi connectivity index (χ1n) is 7.98. The number of nitrogens with two attached hydrogens (primary N) is 1. The fourth-order valence-electron chi connectivity index (χ4n) is 2.66. The van der Waals surface area contributed by atoms with Crippen molar-refractivity contribution in [2.45, 2.75) is 19.8 Å². The summed E-state index contributed by atoms with van der Waals surface area (Å²) < 4.78 is 5.85. The third-order valence-electron chi connectivity index (χ3n) is 3.82. The summed E-state index contributed by atoms with van der Waals surface area (Å²) in [7, 11) is 0. The Kier molecular flexibility index (Phi) is 4.62. The van der Waals surface area contributed by atoms with Gasteiger partial charge in [-0.1, -0.05) is 49.7 Å². The summed E-state index contributed by atoms with van der Waals surface area (Å²) in [6, 6.07) is 24.2. The first kappa shape index (κ1) is 15.2. The van der Waals surface area contributed by atoms with E-state index in [0.717, 1.165) is 30.0 Å². The van der Waals surface area contributed by atoms with Gasteiger partial charge in [-0.3, -0.25) is 0 Å². The standard InChI is InChI=1S/C21H21NO/c1-2-5-16-6-3-4-7-21(16)17-8-12-19(13-9-17)23-20-14-10-18(22)11-15-20/h3-4,6-15H,2,5,22H2,1H3. The maximum absolute atomic E-state index is 5.85. The molecule has 2 N–H and O–H groups in total. The number of hydrogen-bond acceptors (Lipinski definition) is 2. The molecule has 0 saturated heterocycles. The smallest absolute Gasteiger partial charge is 0.127 e. The Bertz CT molecular complexity index is 761. The number of aryl methyl sites for hydroxylation is 1. The Morgan fingerprint density at radius 3 is 2.04 bits per heavy atom. The maximum atomic E-state index is 5.85. The summed E-state index contributed by atoms with van der Waals surface area (Å²) in [6.07, 6.45) is 2.25. The second-order valence-electron chi connectivity index (χ2n) is 5.60. The third-order valence-corrected chi connectivity index (χ3v) is 3.82. The molecular weight excluding hydrogens is 282 g/mol. The topological polar surface area (TPSA) is 35.2 Å². The van der Waals surface area contributed by atoms with Crippen molar-refractivity contribution in [1.82, 2.24) is 0 Å². The number of benzene rings is 3. The molecule has 2 heteroatoms. The van der Waals surface area contributed by atoms with E-state index in [1.165, 1.54) is 16.7 Å². The molecule has 2 nitrogen and oxygen atoms in total. The van der Waals surface area contributed by atoms with Crippen molar-refractivity contribution in [3.63, 3.8) is 0 Å².